The minimum atomic E-state index is -0.0619. The molecule has 0 spiro atoms. The number of imide groups is 1. The van der Waals surface area contributed by atoms with Gasteiger partial charge in [0.15, 0.2) is 0 Å². The summed E-state index contributed by atoms with van der Waals surface area (Å²) in [5.41, 5.74) is 0. The number of piperazine rings is 1. The quantitative estimate of drug-likeness (QED) is 0.583. The molecule has 1 N–H and O–H groups in total. The molecule has 3 unspecified atom stereocenters. The van der Waals surface area contributed by atoms with Crippen LogP contribution in [-0.2, 0) is 9.59 Å². The Morgan fingerprint density at radius 3 is 2.34 bits per heavy atom. The van der Waals surface area contributed by atoms with Crippen molar-refractivity contribution in [1.82, 2.24) is 20.2 Å². The van der Waals surface area contributed by atoms with Crippen LogP contribution in [0.25, 0.3) is 0 Å². The molecule has 158 valence electrons. The van der Waals surface area contributed by atoms with E-state index in [1.165, 1.54) is 0 Å². The van der Waals surface area contributed by atoms with E-state index >= 15 is 0 Å². The Morgan fingerprint density at radius 2 is 1.69 bits per heavy atom. The maximum Gasteiger partial charge on any atom is 0.233 e. The first-order valence-electron chi connectivity index (χ1n) is 11.1. The monoisotopic (exact) mass is 399 g/mol. The van der Waals surface area contributed by atoms with E-state index < -0.39 is 0 Å². The molecule has 29 heavy (non-hydrogen) atoms. The molecule has 3 aliphatic rings. The van der Waals surface area contributed by atoms with Gasteiger partial charge in [0, 0.05) is 44.6 Å². The van der Waals surface area contributed by atoms with Gasteiger partial charge in [-0.1, -0.05) is 20.3 Å². The molecule has 7 nitrogen and oxygen atoms in total. The second-order valence-corrected chi connectivity index (χ2v) is 9.11. The molecular formula is C22H33N5O2. The lowest BCUT2D eigenvalue weighted by molar-refractivity contribution is -0.140. The van der Waals surface area contributed by atoms with Crippen molar-refractivity contribution in [2.24, 2.45) is 23.7 Å². The predicted octanol–water partition coefficient (Wildman–Crippen LogP) is 2.09. The minimum absolute atomic E-state index is 0.0619. The van der Waals surface area contributed by atoms with Crippen LogP contribution in [0.5, 0.6) is 0 Å². The SMILES string of the molecule is CC1C[C@@H]2C(=O)N(CCCCC3CN(c4ncccn4)CCN3)C(=O)[C@@H]2CC1C. The number of nitrogens with one attached hydrogen (secondary N) is 1. The lowest BCUT2D eigenvalue weighted by atomic mass is 9.70. The van der Waals surface area contributed by atoms with Gasteiger partial charge in [-0.15, -0.1) is 0 Å². The van der Waals surface area contributed by atoms with Crippen LogP contribution < -0.4 is 10.2 Å². The molecule has 3 heterocycles. The van der Waals surface area contributed by atoms with Crippen LogP contribution in [0, 0.1) is 23.7 Å². The summed E-state index contributed by atoms with van der Waals surface area (Å²) in [6, 6.07) is 2.23. The molecule has 2 amide bonds. The van der Waals surface area contributed by atoms with E-state index in [0.29, 0.717) is 24.4 Å². The van der Waals surface area contributed by atoms with Crippen LogP contribution in [0.4, 0.5) is 5.95 Å². The highest BCUT2D eigenvalue weighted by atomic mass is 16.2. The van der Waals surface area contributed by atoms with Crippen LogP contribution in [-0.4, -0.2) is 58.9 Å². The standard InChI is InChI=1S/C22H33N5O2/c1-15-12-18-19(13-16(15)2)21(29)27(20(18)28)10-4-3-6-17-14-26(11-9-23-17)22-24-7-5-8-25-22/h5,7-8,15-19,23H,3-4,6,9-14H2,1-2H3/t15?,16?,17?,18-,19+. The van der Waals surface area contributed by atoms with Crippen LogP contribution in [0.3, 0.4) is 0 Å². The summed E-state index contributed by atoms with van der Waals surface area (Å²) >= 11 is 0. The van der Waals surface area contributed by atoms with Crippen molar-refractivity contribution >= 4 is 17.8 Å². The fourth-order valence-corrected chi connectivity index (χ4v) is 5.19. The summed E-state index contributed by atoms with van der Waals surface area (Å²) in [5, 5.41) is 3.57. The summed E-state index contributed by atoms with van der Waals surface area (Å²) in [5.74, 6) is 1.90. The number of amides is 2. The molecule has 1 aromatic rings. The van der Waals surface area contributed by atoms with Gasteiger partial charge in [-0.25, -0.2) is 9.97 Å². The Hall–Kier alpha value is -2.02. The number of aromatic nitrogens is 2. The average Bonchev–Trinajstić information content (AvgIpc) is 2.96. The second-order valence-electron chi connectivity index (χ2n) is 9.11. The highest BCUT2D eigenvalue weighted by Gasteiger charge is 2.50. The molecule has 7 heteroatoms. The van der Waals surface area contributed by atoms with Gasteiger partial charge < -0.3 is 10.2 Å². The number of rotatable bonds is 6. The van der Waals surface area contributed by atoms with Crippen molar-refractivity contribution in [2.75, 3.05) is 31.1 Å². The molecule has 0 radical (unpaired) electrons. The summed E-state index contributed by atoms with van der Waals surface area (Å²) < 4.78 is 0. The Labute approximate surface area is 173 Å². The first-order valence-corrected chi connectivity index (χ1v) is 11.1. The molecule has 3 fully saturated rings. The summed E-state index contributed by atoms with van der Waals surface area (Å²) in [7, 11) is 0. The molecule has 0 bridgehead atoms. The van der Waals surface area contributed by atoms with E-state index in [-0.39, 0.29) is 23.7 Å². The lowest BCUT2D eigenvalue weighted by Gasteiger charge is -2.33. The number of fused-ring (bicyclic) bond motifs is 1. The number of hydrogen-bond donors (Lipinski definition) is 1. The molecule has 1 aliphatic carbocycles. The van der Waals surface area contributed by atoms with Gasteiger partial charge in [-0.3, -0.25) is 14.5 Å². The van der Waals surface area contributed by atoms with Crippen LogP contribution >= 0.6 is 0 Å². The maximum absolute atomic E-state index is 12.8. The number of hydrogen-bond acceptors (Lipinski definition) is 6. The Kier molecular flexibility index (Phi) is 6.13. The van der Waals surface area contributed by atoms with Gasteiger partial charge in [0.25, 0.3) is 0 Å². The highest BCUT2D eigenvalue weighted by molar-refractivity contribution is 6.05. The fraction of sp³-hybridized carbons (Fsp3) is 0.727. The zero-order valence-corrected chi connectivity index (χ0v) is 17.6. The van der Waals surface area contributed by atoms with Crippen molar-refractivity contribution < 1.29 is 9.59 Å². The van der Waals surface area contributed by atoms with Gasteiger partial charge >= 0.3 is 0 Å². The first-order chi connectivity index (χ1) is 14.0. The third-order valence-electron chi connectivity index (χ3n) is 7.15. The third-order valence-corrected chi connectivity index (χ3v) is 7.15. The van der Waals surface area contributed by atoms with Crippen molar-refractivity contribution in [3.63, 3.8) is 0 Å². The van der Waals surface area contributed by atoms with Gasteiger partial charge in [-0.2, -0.15) is 0 Å². The van der Waals surface area contributed by atoms with Crippen molar-refractivity contribution in [2.45, 2.75) is 52.0 Å². The molecule has 1 saturated carbocycles. The molecule has 1 aromatic heterocycles. The van der Waals surface area contributed by atoms with Crippen molar-refractivity contribution in [3.8, 4) is 0 Å². The smallest absolute Gasteiger partial charge is 0.233 e. The van der Waals surface area contributed by atoms with Crippen LogP contribution in [0.1, 0.15) is 46.0 Å². The Morgan fingerprint density at radius 1 is 1.03 bits per heavy atom. The minimum Gasteiger partial charge on any atom is -0.338 e. The van der Waals surface area contributed by atoms with Gasteiger partial charge in [0.1, 0.15) is 0 Å². The Balaban J connectivity index is 1.23. The maximum atomic E-state index is 12.8. The number of nitrogens with zero attached hydrogens (tertiary/aromatic N) is 4. The van der Waals surface area contributed by atoms with Gasteiger partial charge in [-0.05, 0) is 43.6 Å². The lowest BCUT2D eigenvalue weighted by Crippen LogP contribution is -2.51. The van der Waals surface area contributed by atoms with Crippen molar-refractivity contribution in [1.29, 1.82) is 0 Å². The van der Waals surface area contributed by atoms with E-state index in [0.717, 1.165) is 57.7 Å². The molecule has 4 rings (SSSR count). The van der Waals surface area contributed by atoms with Crippen molar-refractivity contribution in [3.05, 3.63) is 18.5 Å². The first kappa shape index (κ1) is 20.3. The summed E-state index contributed by atoms with van der Waals surface area (Å²) in [6.45, 7) is 7.73. The number of likely N-dealkylation sites (tertiary alicyclic amines) is 1. The van der Waals surface area contributed by atoms with Gasteiger partial charge in [0.2, 0.25) is 17.8 Å². The predicted molar refractivity (Wildman–Crippen MR) is 111 cm³/mol. The van der Waals surface area contributed by atoms with E-state index in [9.17, 15) is 9.59 Å². The second kappa shape index (κ2) is 8.78. The fourth-order valence-electron chi connectivity index (χ4n) is 5.19. The van der Waals surface area contributed by atoms with E-state index in [2.05, 4.69) is 34.0 Å². The molecule has 5 atom stereocenters. The van der Waals surface area contributed by atoms with E-state index in [4.69, 9.17) is 0 Å². The van der Waals surface area contributed by atoms with Gasteiger partial charge in [0.05, 0.1) is 11.8 Å². The molecular weight excluding hydrogens is 366 g/mol. The zero-order valence-electron chi connectivity index (χ0n) is 17.6. The Bertz CT molecular complexity index is 699. The molecule has 0 aromatic carbocycles. The highest BCUT2D eigenvalue weighted by Crippen LogP contribution is 2.43. The van der Waals surface area contributed by atoms with Crippen LogP contribution in [0.2, 0.25) is 0 Å². The summed E-state index contributed by atoms with van der Waals surface area (Å²) in [4.78, 5) is 38.0. The number of carbonyl (C=O) groups is 2. The normalized spacial score (nSPS) is 32.6. The topological polar surface area (TPSA) is 78.4 Å². The number of anilines is 1. The third kappa shape index (κ3) is 4.29. The summed E-state index contributed by atoms with van der Waals surface area (Å²) in [6.07, 6.45) is 8.21. The van der Waals surface area contributed by atoms with E-state index in [1.807, 2.05) is 6.07 Å². The zero-order chi connectivity index (χ0) is 20.4. The molecule has 2 aliphatic heterocycles. The number of unbranched alkanes of at least 4 members (excludes halogenated alkanes) is 1. The number of carbonyl (C=O) groups excluding carboxylic acids is 2. The largest absolute Gasteiger partial charge is 0.338 e. The van der Waals surface area contributed by atoms with Crippen LogP contribution in [0.15, 0.2) is 18.5 Å². The van der Waals surface area contributed by atoms with E-state index in [1.54, 1.807) is 17.3 Å². The molecule has 2 saturated heterocycles. The average molecular weight is 400 g/mol.